The number of dihydropyridines is 1. The number of hydrogen-bond donors (Lipinski definition) is 1. The minimum atomic E-state index is 0.736. The summed E-state index contributed by atoms with van der Waals surface area (Å²) in [4.78, 5) is 0. The average molecular weight is 318 g/mol. The largest absolute Gasteiger partial charge is 0.372 e. The van der Waals surface area contributed by atoms with Gasteiger partial charge in [0.05, 0.1) is 0 Å². The highest BCUT2D eigenvalue weighted by Crippen LogP contribution is 2.33. The van der Waals surface area contributed by atoms with E-state index in [1.165, 1.54) is 43.5 Å². The van der Waals surface area contributed by atoms with Crippen LogP contribution in [0, 0.1) is 0 Å². The monoisotopic (exact) mass is 317 g/mol. The van der Waals surface area contributed by atoms with E-state index >= 15 is 0 Å². The lowest BCUT2D eigenvalue weighted by Crippen LogP contribution is -2.20. The molecule has 0 radical (unpaired) electrons. The van der Waals surface area contributed by atoms with E-state index in [4.69, 9.17) is 11.6 Å². The number of allylic oxidation sites excluding steroid dienone is 2. The van der Waals surface area contributed by atoms with Crippen molar-refractivity contribution < 1.29 is 0 Å². The molecule has 0 atom stereocenters. The SMILES string of the molecule is ClC1=CC(C2=c3ccc4cccc5ccc(c3c54)CC2)=CCN1. The third-order valence-electron chi connectivity index (χ3n) is 5.06. The molecule has 0 unspecified atom stereocenters. The molecule has 2 aliphatic rings. The fraction of sp³-hybridized carbons (Fsp3) is 0.143. The number of hydrogen-bond acceptors (Lipinski definition) is 1. The first-order valence-corrected chi connectivity index (χ1v) is 8.47. The van der Waals surface area contributed by atoms with Crippen LogP contribution in [0.1, 0.15) is 12.0 Å². The lowest BCUT2D eigenvalue weighted by molar-refractivity contribution is 0.933. The van der Waals surface area contributed by atoms with Crippen LogP contribution in [0.2, 0.25) is 0 Å². The Kier molecular flexibility index (Phi) is 2.80. The van der Waals surface area contributed by atoms with E-state index in [0.29, 0.717) is 0 Å². The lowest BCUT2D eigenvalue weighted by atomic mass is 9.84. The Bertz CT molecular complexity index is 1060. The fourth-order valence-corrected chi connectivity index (χ4v) is 4.22. The van der Waals surface area contributed by atoms with E-state index in [1.54, 1.807) is 0 Å². The summed E-state index contributed by atoms with van der Waals surface area (Å²) in [6.45, 7) is 0.804. The topological polar surface area (TPSA) is 12.0 Å². The molecule has 112 valence electrons. The Hall–Kier alpha value is -2.25. The maximum absolute atomic E-state index is 6.20. The highest BCUT2D eigenvalue weighted by Gasteiger charge is 2.18. The molecule has 1 aliphatic heterocycles. The number of benzene rings is 3. The lowest BCUT2D eigenvalue weighted by Gasteiger charge is -2.21. The summed E-state index contributed by atoms with van der Waals surface area (Å²) in [5, 5.41) is 10.8. The molecule has 0 fully saturated rings. The third kappa shape index (κ3) is 1.93. The quantitative estimate of drug-likeness (QED) is 0.655. The van der Waals surface area contributed by atoms with Crippen molar-refractivity contribution in [2.24, 2.45) is 0 Å². The van der Waals surface area contributed by atoms with Crippen molar-refractivity contribution in [3.63, 3.8) is 0 Å². The second-order valence-electron chi connectivity index (χ2n) is 6.30. The molecule has 5 rings (SSSR count). The van der Waals surface area contributed by atoms with Gasteiger partial charge in [0.1, 0.15) is 5.16 Å². The molecule has 3 aromatic rings. The molecule has 0 amide bonds. The van der Waals surface area contributed by atoms with Gasteiger partial charge in [0.15, 0.2) is 0 Å². The van der Waals surface area contributed by atoms with Gasteiger partial charge in [0.2, 0.25) is 0 Å². The Morgan fingerprint density at radius 2 is 1.70 bits per heavy atom. The Morgan fingerprint density at radius 1 is 0.870 bits per heavy atom. The van der Waals surface area contributed by atoms with E-state index in [0.717, 1.165) is 24.5 Å². The summed E-state index contributed by atoms with van der Waals surface area (Å²) in [6, 6.07) is 15.7. The number of nitrogens with one attached hydrogen (secondary N) is 1. The van der Waals surface area contributed by atoms with Gasteiger partial charge in [-0.05, 0) is 62.4 Å². The molecule has 1 nitrogen and oxygen atoms in total. The van der Waals surface area contributed by atoms with Crippen molar-refractivity contribution in [3.8, 4) is 0 Å². The molecule has 1 aliphatic carbocycles. The second kappa shape index (κ2) is 4.87. The van der Waals surface area contributed by atoms with Crippen LogP contribution in [0.4, 0.5) is 0 Å². The molecule has 1 N–H and O–H groups in total. The molecule has 2 heteroatoms. The van der Waals surface area contributed by atoms with Crippen molar-refractivity contribution in [2.45, 2.75) is 12.8 Å². The predicted molar refractivity (Wildman–Crippen MR) is 98.4 cm³/mol. The van der Waals surface area contributed by atoms with Crippen molar-refractivity contribution >= 4 is 38.7 Å². The van der Waals surface area contributed by atoms with Gasteiger partial charge >= 0.3 is 0 Å². The molecular weight excluding hydrogens is 302 g/mol. The van der Waals surface area contributed by atoms with E-state index in [-0.39, 0.29) is 0 Å². The van der Waals surface area contributed by atoms with Crippen LogP contribution < -0.4 is 10.5 Å². The molecule has 0 saturated carbocycles. The van der Waals surface area contributed by atoms with Gasteiger partial charge in [-0.25, -0.2) is 0 Å². The van der Waals surface area contributed by atoms with E-state index in [1.807, 2.05) is 0 Å². The molecule has 0 aromatic heterocycles. The molecule has 23 heavy (non-hydrogen) atoms. The van der Waals surface area contributed by atoms with E-state index in [9.17, 15) is 0 Å². The average Bonchev–Trinajstić information content (AvgIpc) is 2.59. The van der Waals surface area contributed by atoms with Crippen molar-refractivity contribution in [1.29, 1.82) is 0 Å². The standard InChI is InChI=1S/C21H16ClN/c22-19-12-16(10-11-23-19)17-8-6-15-5-4-13-2-1-3-14-7-9-18(17)21(15)20(13)14/h1-5,7,9-10,12,23H,6,8,11H2. The number of halogens is 1. The van der Waals surface area contributed by atoms with Gasteiger partial charge in [-0.2, -0.15) is 0 Å². The summed E-state index contributed by atoms with van der Waals surface area (Å²) in [5.41, 5.74) is 4.17. The predicted octanol–water partition coefficient (Wildman–Crippen LogP) is 4.42. The first-order valence-electron chi connectivity index (χ1n) is 8.09. The van der Waals surface area contributed by atoms with Crippen LogP contribution in [0.3, 0.4) is 0 Å². The highest BCUT2D eigenvalue weighted by atomic mass is 35.5. The second-order valence-corrected chi connectivity index (χ2v) is 6.71. The van der Waals surface area contributed by atoms with Crippen molar-refractivity contribution in [2.75, 3.05) is 6.54 Å². The van der Waals surface area contributed by atoms with Crippen molar-refractivity contribution in [1.82, 2.24) is 5.32 Å². The van der Waals surface area contributed by atoms with E-state index < -0.39 is 0 Å². The minimum absolute atomic E-state index is 0.736. The summed E-state index contributed by atoms with van der Waals surface area (Å²) < 4.78 is 0. The van der Waals surface area contributed by atoms with Gasteiger partial charge in [0, 0.05) is 6.54 Å². The van der Waals surface area contributed by atoms with Gasteiger partial charge < -0.3 is 5.32 Å². The van der Waals surface area contributed by atoms with Crippen molar-refractivity contribution in [3.05, 3.63) is 76.1 Å². The summed E-state index contributed by atoms with van der Waals surface area (Å²) in [7, 11) is 0. The number of aryl methyl sites for hydroxylation is 1. The van der Waals surface area contributed by atoms with Gasteiger partial charge in [-0.15, -0.1) is 0 Å². The zero-order valence-corrected chi connectivity index (χ0v) is 13.5. The van der Waals surface area contributed by atoms with Crippen LogP contribution in [-0.2, 0) is 6.42 Å². The normalized spacial score (nSPS) is 17.2. The summed E-state index contributed by atoms with van der Waals surface area (Å²) in [5.74, 6) is 0. The molecule has 0 spiro atoms. The maximum Gasteiger partial charge on any atom is 0.103 e. The Morgan fingerprint density at radius 3 is 2.52 bits per heavy atom. The van der Waals surface area contributed by atoms with Crippen LogP contribution in [0.25, 0.3) is 27.1 Å². The Balaban J connectivity index is 1.94. The van der Waals surface area contributed by atoms with E-state index in [2.05, 4.69) is 59.9 Å². The van der Waals surface area contributed by atoms with Gasteiger partial charge in [-0.1, -0.05) is 60.1 Å². The van der Waals surface area contributed by atoms with Crippen LogP contribution in [0.15, 0.2) is 65.3 Å². The molecule has 0 saturated heterocycles. The van der Waals surface area contributed by atoms with Gasteiger partial charge in [0.25, 0.3) is 0 Å². The summed E-state index contributed by atoms with van der Waals surface area (Å²) >= 11 is 6.20. The molecule has 3 aromatic carbocycles. The van der Waals surface area contributed by atoms with Crippen LogP contribution >= 0.6 is 11.6 Å². The first kappa shape index (κ1) is 13.2. The third-order valence-corrected chi connectivity index (χ3v) is 5.30. The van der Waals surface area contributed by atoms with Gasteiger partial charge in [-0.3, -0.25) is 0 Å². The van der Waals surface area contributed by atoms with Crippen LogP contribution in [0.5, 0.6) is 0 Å². The number of rotatable bonds is 1. The van der Waals surface area contributed by atoms with Crippen LogP contribution in [-0.4, -0.2) is 6.54 Å². The molecular formula is C21H16ClN. The summed E-state index contributed by atoms with van der Waals surface area (Å²) in [6.07, 6.45) is 6.48. The zero-order chi connectivity index (χ0) is 15.4. The zero-order valence-electron chi connectivity index (χ0n) is 12.7. The molecule has 0 bridgehead atoms. The fourth-order valence-electron chi connectivity index (χ4n) is 4.02. The maximum atomic E-state index is 6.20. The first-order chi connectivity index (χ1) is 11.3. The molecule has 1 heterocycles. The highest BCUT2D eigenvalue weighted by molar-refractivity contribution is 6.29. The smallest absolute Gasteiger partial charge is 0.103 e. The Labute approximate surface area is 139 Å². The minimum Gasteiger partial charge on any atom is -0.372 e.